The Morgan fingerprint density at radius 3 is 2.47 bits per heavy atom. The van der Waals surface area contributed by atoms with Crippen LogP contribution in [0.3, 0.4) is 0 Å². The Kier molecular flexibility index (Phi) is 2.97. The molecule has 0 saturated heterocycles. The third kappa shape index (κ3) is 2.28. The van der Waals surface area contributed by atoms with Crippen LogP contribution in [0.25, 0.3) is 0 Å². The van der Waals surface area contributed by atoms with Crippen molar-refractivity contribution in [3.8, 4) is 0 Å². The summed E-state index contributed by atoms with van der Waals surface area (Å²) in [6.07, 6.45) is 4.38. The molecule has 4 heteroatoms. The Labute approximate surface area is 94.6 Å². The summed E-state index contributed by atoms with van der Waals surface area (Å²) in [7, 11) is 0. The first-order valence-corrected chi connectivity index (χ1v) is 6.14. The first kappa shape index (κ1) is 11.6. The molecule has 0 radical (unpaired) electrons. The second-order valence-electron chi connectivity index (χ2n) is 5.23. The number of alkyl halides is 3. The quantitative estimate of drug-likeness (QED) is 0.744. The summed E-state index contributed by atoms with van der Waals surface area (Å²) in [6, 6.07) is 0.230. The maximum Gasteiger partial charge on any atom is 0.255 e. The standard InChI is InChI=1S/C11H18ClF2N/c1-10(6-11(10,13)14)7-15-9-5-3-2-4-8(9)12/h8-9,15H,2-7H2,1H3. The van der Waals surface area contributed by atoms with Gasteiger partial charge in [0.15, 0.2) is 0 Å². The molecule has 0 aromatic carbocycles. The Balaban J connectivity index is 1.78. The van der Waals surface area contributed by atoms with Crippen molar-refractivity contribution in [3.63, 3.8) is 0 Å². The fourth-order valence-electron chi connectivity index (χ4n) is 2.31. The van der Waals surface area contributed by atoms with Crippen LogP contribution in [0.4, 0.5) is 8.78 Å². The molecule has 3 atom stereocenters. The zero-order chi connectivity index (χ0) is 11.1. The molecule has 15 heavy (non-hydrogen) atoms. The number of nitrogens with one attached hydrogen (secondary N) is 1. The van der Waals surface area contributed by atoms with Crippen LogP contribution < -0.4 is 5.32 Å². The van der Waals surface area contributed by atoms with Crippen molar-refractivity contribution in [2.45, 2.75) is 56.4 Å². The summed E-state index contributed by atoms with van der Waals surface area (Å²) in [5, 5.41) is 3.34. The van der Waals surface area contributed by atoms with E-state index in [1.54, 1.807) is 6.92 Å². The van der Waals surface area contributed by atoms with Crippen molar-refractivity contribution in [2.24, 2.45) is 5.41 Å². The van der Waals surface area contributed by atoms with Crippen molar-refractivity contribution in [3.05, 3.63) is 0 Å². The first-order chi connectivity index (χ1) is 6.95. The smallest absolute Gasteiger partial charge is 0.255 e. The molecule has 0 aromatic heterocycles. The minimum absolute atomic E-state index is 0.0205. The molecular weight excluding hydrogens is 220 g/mol. The molecule has 2 aliphatic rings. The van der Waals surface area contributed by atoms with Gasteiger partial charge in [0.2, 0.25) is 0 Å². The molecule has 0 aliphatic heterocycles. The highest BCUT2D eigenvalue weighted by atomic mass is 35.5. The van der Waals surface area contributed by atoms with Gasteiger partial charge in [0, 0.05) is 29.8 Å². The van der Waals surface area contributed by atoms with Crippen molar-refractivity contribution < 1.29 is 8.78 Å². The van der Waals surface area contributed by atoms with E-state index in [1.165, 1.54) is 6.42 Å². The highest BCUT2D eigenvalue weighted by molar-refractivity contribution is 6.21. The molecule has 2 rings (SSSR count). The van der Waals surface area contributed by atoms with Gasteiger partial charge in [-0.05, 0) is 12.8 Å². The molecule has 0 spiro atoms. The number of hydrogen-bond donors (Lipinski definition) is 1. The van der Waals surface area contributed by atoms with Gasteiger partial charge in [0.05, 0.1) is 0 Å². The van der Waals surface area contributed by atoms with Crippen LogP contribution in [0, 0.1) is 5.41 Å². The molecule has 2 aliphatic carbocycles. The average molecular weight is 238 g/mol. The third-order valence-electron chi connectivity index (χ3n) is 3.81. The highest BCUT2D eigenvalue weighted by Gasteiger charge is 2.67. The molecule has 1 nitrogen and oxygen atoms in total. The minimum atomic E-state index is -2.46. The minimum Gasteiger partial charge on any atom is -0.312 e. The van der Waals surface area contributed by atoms with E-state index in [0.29, 0.717) is 6.54 Å². The molecule has 2 saturated carbocycles. The zero-order valence-electron chi connectivity index (χ0n) is 9.03. The lowest BCUT2D eigenvalue weighted by molar-refractivity contribution is 0.0683. The molecule has 2 fully saturated rings. The third-order valence-corrected chi connectivity index (χ3v) is 4.33. The molecule has 1 N–H and O–H groups in total. The largest absolute Gasteiger partial charge is 0.312 e. The SMILES string of the molecule is CC1(CNC2CCCCC2Cl)CC1(F)F. The van der Waals surface area contributed by atoms with Crippen molar-refractivity contribution >= 4 is 11.6 Å². The Hall–Kier alpha value is 0.110. The Bertz CT molecular complexity index is 247. The van der Waals surface area contributed by atoms with E-state index in [0.717, 1.165) is 19.3 Å². The topological polar surface area (TPSA) is 12.0 Å². The van der Waals surface area contributed by atoms with E-state index in [2.05, 4.69) is 5.32 Å². The van der Waals surface area contributed by atoms with Gasteiger partial charge in [-0.3, -0.25) is 0 Å². The Morgan fingerprint density at radius 2 is 1.93 bits per heavy atom. The summed E-state index contributed by atoms with van der Waals surface area (Å²) < 4.78 is 25.9. The molecule has 0 heterocycles. The average Bonchev–Trinajstić information content (AvgIpc) is 2.65. The summed E-state index contributed by atoms with van der Waals surface area (Å²) in [4.78, 5) is 0. The monoisotopic (exact) mass is 237 g/mol. The summed E-state index contributed by atoms with van der Waals surface area (Å²) in [5.74, 6) is -2.46. The van der Waals surface area contributed by atoms with Crippen LogP contribution in [0.15, 0.2) is 0 Å². The van der Waals surface area contributed by atoms with Gasteiger partial charge in [0.1, 0.15) is 0 Å². The van der Waals surface area contributed by atoms with Crippen LogP contribution in [0.5, 0.6) is 0 Å². The summed E-state index contributed by atoms with van der Waals surface area (Å²) >= 11 is 6.15. The fourth-order valence-corrected chi connectivity index (χ4v) is 2.68. The second kappa shape index (κ2) is 3.85. The molecule has 3 unspecified atom stereocenters. The van der Waals surface area contributed by atoms with E-state index in [9.17, 15) is 8.78 Å². The van der Waals surface area contributed by atoms with E-state index in [1.807, 2.05) is 0 Å². The number of hydrogen-bond acceptors (Lipinski definition) is 1. The maximum atomic E-state index is 13.0. The predicted octanol–water partition coefficient (Wildman–Crippen LogP) is 3.17. The van der Waals surface area contributed by atoms with Gasteiger partial charge >= 0.3 is 0 Å². The molecule has 88 valence electrons. The Morgan fingerprint density at radius 1 is 1.33 bits per heavy atom. The molecule has 0 aromatic rings. The zero-order valence-corrected chi connectivity index (χ0v) is 9.79. The van der Waals surface area contributed by atoms with Gasteiger partial charge in [-0.2, -0.15) is 0 Å². The van der Waals surface area contributed by atoms with Gasteiger partial charge in [-0.15, -0.1) is 11.6 Å². The maximum absolute atomic E-state index is 13.0. The normalized spacial score (nSPS) is 44.0. The van der Waals surface area contributed by atoms with Crippen LogP contribution in [0.2, 0.25) is 0 Å². The predicted molar refractivity (Wildman–Crippen MR) is 57.6 cm³/mol. The molecule has 0 bridgehead atoms. The van der Waals surface area contributed by atoms with Crippen LogP contribution in [-0.2, 0) is 0 Å². The van der Waals surface area contributed by atoms with Crippen LogP contribution in [0.1, 0.15) is 39.0 Å². The van der Waals surface area contributed by atoms with E-state index in [-0.39, 0.29) is 17.8 Å². The fraction of sp³-hybridized carbons (Fsp3) is 1.00. The summed E-state index contributed by atoms with van der Waals surface area (Å²) in [5.41, 5.74) is -0.818. The number of rotatable bonds is 3. The lowest BCUT2D eigenvalue weighted by Crippen LogP contribution is -2.42. The lowest BCUT2D eigenvalue weighted by atomic mass is 9.94. The van der Waals surface area contributed by atoms with Gasteiger partial charge < -0.3 is 5.32 Å². The van der Waals surface area contributed by atoms with Crippen LogP contribution >= 0.6 is 11.6 Å². The van der Waals surface area contributed by atoms with E-state index >= 15 is 0 Å². The van der Waals surface area contributed by atoms with Gasteiger partial charge in [-0.25, -0.2) is 8.78 Å². The van der Waals surface area contributed by atoms with Gasteiger partial charge in [0.25, 0.3) is 5.92 Å². The van der Waals surface area contributed by atoms with Crippen LogP contribution in [-0.4, -0.2) is 23.9 Å². The summed E-state index contributed by atoms with van der Waals surface area (Å²) in [6.45, 7) is 2.04. The van der Waals surface area contributed by atoms with Crippen molar-refractivity contribution in [2.75, 3.05) is 6.54 Å². The first-order valence-electron chi connectivity index (χ1n) is 5.70. The van der Waals surface area contributed by atoms with E-state index in [4.69, 9.17) is 11.6 Å². The van der Waals surface area contributed by atoms with Crippen molar-refractivity contribution in [1.82, 2.24) is 5.32 Å². The van der Waals surface area contributed by atoms with Crippen molar-refractivity contribution in [1.29, 1.82) is 0 Å². The van der Waals surface area contributed by atoms with E-state index < -0.39 is 11.3 Å². The number of halogens is 3. The second-order valence-corrected chi connectivity index (χ2v) is 5.79. The molecular formula is C11H18ClF2N. The van der Waals surface area contributed by atoms with Gasteiger partial charge in [-0.1, -0.05) is 19.8 Å². The molecule has 0 amide bonds. The highest BCUT2D eigenvalue weighted by Crippen LogP contribution is 2.59. The lowest BCUT2D eigenvalue weighted by Gasteiger charge is -2.29.